The summed E-state index contributed by atoms with van der Waals surface area (Å²) in [5.41, 5.74) is 1.20. The number of primary sulfonamides is 1. The zero-order chi connectivity index (χ0) is 19.2. The van der Waals surface area contributed by atoms with Crippen LogP contribution in [0.2, 0.25) is 0 Å². The Morgan fingerprint density at radius 3 is 2.46 bits per heavy atom. The van der Waals surface area contributed by atoms with Crippen molar-refractivity contribution in [2.45, 2.75) is 31.6 Å². The van der Waals surface area contributed by atoms with Crippen LogP contribution in [0.25, 0.3) is 0 Å². The SMILES string of the molecule is CCCNc1cc(C(=O)NCCc2ccc(S(N)(=O)=O)cc2)nc(C)n1. The molecule has 0 saturated carbocycles. The number of nitrogens with one attached hydrogen (secondary N) is 2. The molecule has 0 radical (unpaired) electrons. The van der Waals surface area contributed by atoms with Gasteiger partial charge in [0, 0.05) is 19.2 Å². The second-order valence-electron chi connectivity index (χ2n) is 5.81. The third-order valence-electron chi connectivity index (χ3n) is 3.58. The van der Waals surface area contributed by atoms with Crippen LogP contribution in [0, 0.1) is 6.92 Å². The monoisotopic (exact) mass is 377 g/mol. The van der Waals surface area contributed by atoms with Gasteiger partial charge in [-0.2, -0.15) is 0 Å². The number of anilines is 1. The van der Waals surface area contributed by atoms with Crippen molar-refractivity contribution in [2.75, 3.05) is 18.4 Å². The largest absolute Gasteiger partial charge is 0.370 e. The van der Waals surface area contributed by atoms with E-state index in [9.17, 15) is 13.2 Å². The van der Waals surface area contributed by atoms with Gasteiger partial charge in [0.15, 0.2) is 0 Å². The van der Waals surface area contributed by atoms with E-state index in [0.29, 0.717) is 30.3 Å². The number of amides is 1. The van der Waals surface area contributed by atoms with Crippen LogP contribution in [0.5, 0.6) is 0 Å². The molecule has 1 amide bonds. The van der Waals surface area contributed by atoms with Gasteiger partial charge in [-0.3, -0.25) is 4.79 Å². The van der Waals surface area contributed by atoms with E-state index in [0.717, 1.165) is 18.5 Å². The number of rotatable bonds is 8. The highest BCUT2D eigenvalue weighted by Crippen LogP contribution is 2.09. The predicted molar refractivity (Wildman–Crippen MR) is 99.4 cm³/mol. The van der Waals surface area contributed by atoms with Crippen molar-refractivity contribution in [1.82, 2.24) is 15.3 Å². The van der Waals surface area contributed by atoms with Gasteiger partial charge in [0.25, 0.3) is 5.91 Å². The van der Waals surface area contributed by atoms with Gasteiger partial charge in [-0.05, 0) is 37.5 Å². The number of hydrogen-bond acceptors (Lipinski definition) is 6. The van der Waals surface area contributed by atoms with Gasteiger partial charge in [-0.1, -0.05) is 19.1 Å². The van der Waals surface area contributed by atoms with Crippen LogP contribution in [-0.2, 0) is 16.4 Å². The smallest absolute Gasteiger partial charge is 0.270 e. The van der Waals surface area contributed by atoms with E-state index in [4.69, 9.17) is 5.14 Å². The molecule has 1 heterocycles. The van der Waals surface area contributed by atoms with Crippen molar-refractivity contribution >= 4 is 21.7 Å². The van der Waals surface area contributed by atoms with Gasteiger partial charge < -0.3 is 10.6 Å². The van der Waals surface area contributed by atoms with Crippen LogP contribution in [-0.4, -0.2) is 37.4 Å². The van der Waals surface area contributed by atoms with Crippen molar-refractivity contribution < 1.29 is 13.2 Å². The molecule has 4 N–H and O–H groups in total. The van der Waals surface area contributed by atoms with Crippen molar-refractivity contribution in [1.29, 1.82) is 0 Å². The summed E-state index contributed by atoms with van der Waals surface area (Å²) in [6.45, 7) is 4.95. The van der Waals surface area contributed by atoms with Gasteiger partial charge in [0.05, 0.1) is 4.90 Å². The Morgan fingerprint density at radius 2 is 1.85 bits per heavy atom. The Labute approximate surface area is 153 Å². The van der Waals surface area contributed by atoms with Crippen LogP contribution < -0.4 is 15.8 Å². The quantitative estimate of drug-likeness (QED) is 0.635. The lowest BCUT2D eigenvalue weighted by Gasteiger charge is -2.09. The van der Waals surface area contributed by atoms with E-state index in [1.165, 1.54) is 12.1 Å². The first-order valence-electron chi connectivity index (χ1n) is 8.29. The molecule has 140 valence electrons. The van der Waals surface area contributed by atoms with Gasteiger partial charge in [0.2, 0.25) is 10.0 Å². The molecule has 1 aromatic heterocycles. The van der Waals surface area contributed by atoms with Gasteiger partial charge in [0.1, 0.15) is 17.3 Å². The maximum absolute atomic E-state index is 12.3. The molecule has 0 unspecified atom stereocenters. The first-order valence-corrected chi connectivity index (χ1v) is 9.83. The molecule has 0 aliphatic heterocycles. The van der Waals surface area contributed by atoms with Crippen molar-refractivity contribution in [3.63, 3.8) is 0 Å². The van der Waals surface area contributed by atoms with Crippen LogP contribution in [0.1, 0.15) is 35.2 Å². The molecule has 0 saturated heterocycles. The number of nitrogens with two attached hydrogens (primary N) is 1. The maximum Gasteiger partial charge on any atom is 0.270 e. The lowest BCUT2D eigenvalue weighted by atomic mass is 10.1. The van der Waals surface area contributed by atoms with Crippen LogP contribution in [0.3, 0.4) is 0 Å². The number of sulfonamides is 1. The summed E-state index contributed by atoms with van der Waals surface area (Å²) >= 11 is 0. The first-order chi connectivity index (χ1) is 12.3. The molecule has 26 heavy (non-hydrogen) atoms. The molecule has 0 bridgehead atoms. The van der Waals surface area contributed by atoms with Gasteiger partial charge >= 0.3 is 0 Å². The number of hydrogen-bond donors (Lipinski definition) is 3. The highest BCUT2D eigenvalue weighted by atomic mass is 32.2. The minimum atomic E-state index is -3.69. The fourth-order valence-electron chi connectivity index (χ4n) is 2.28. The topological polar surface area (TPSA) is 127 Å². The van der Waals surface area contributed by atoms with E-state index in [-0.39, 0.29) is 10.8 Å². The fourth-order valence-corrected chi connectivity index (χ4v) is 2.80. The number of carbonyl (C=O) groups excluding carboxylic acids is 1. The summed E-state index contributed by atoms with van der Waals surface area (Å²) < 4.78 is 22.5. The molecule has 0 fully saturated rings. The lowest BCUT2D eigenvalue weighted by molar-refractivity contribution is 0.0948. The van der Waals surface area contributed by atoms with E-state index in [2.05, 4.69) is 20.6 Å². The van der Waals surface area contributed by atoms with E-state index in [1.807, 2.05) is 6.92 Å². The van der Waals surface area contributed by atoms with E-state index >= 15 is 0 Å². The maximum atomic E-state index is 12.3. The zero-order valence-corrected chi connectivity index (χ0v) is 15.6. The minimum Gasteiger partial charge on any atom is -0.370 e. The predicted octanol–water partition coefficient (Wildman–Crippen LogP) is 1.23. The summed E-state index contributed by atoms with van der Waals surface area (Å²) in [6.07, 6.45) is 1.51. The van der Waals surface area contributed by atoms with Crippen molar-refractivity contribution in [3.05, 3.63) is 47.4 Å². The van der Waals surface area contributed by atoms with Crippen LogP contribution in [0.4, 0.5) is 5.82 Å². The van der Waals surface area contributed by atoms with Gasteiger partial charge in [-0.25, -0.2) is 23.5 Å². The molecule has 2 aromatic rings. The molecule has 2 rings (SSSR count). The normalized spacial score (nSPS) is 11.2. The number of carbonyl (C=O) groups is 1. The molecule has 1 aromatic carbocycles. The number of nitrogens with zero attached hydrogens (tertiary/aromatic N) is 2. The molecular weight excluding hydrogens is 354 g/mol. The Hall–Kier alpha value is -2.52. The van der Waals surface area contributed by atoms with E-state index < -0.39 is 10.0 Å². The second kappa shape index (κ2) is 8.72. The van der Waals surface area contributed by atoms with Crippen LogP contribution >= 0.6 is 0 Å². The molecule has 0 spiro atoms. The Kier molecular flexibility index (Phi) is 6.64. The summed E-state index contributed by atoms with van der Waals surface area (Å²) in [7, 11) is -3.69. The standard InChI is InChI=1S/C17H23N5O3S/c1-3-9-19-16-11-15(21-12(2)22-16)17(23)20-10-8-13-4-6-14(7-5-13)26(18,24)25/h4-7,11H,3,8-10H2,1-2H3,(H,20,23)(H2,18,24,25)(H,19,21,22). The molecular formula is C17H23N5O3S. The van der Waals surface area contributed by atoms with Crippen molar-refractivity contribution in [2.24, 2.45) is 5.14 Å². The molecule has 8 nitrogen and oxygen atoms in total. The minimum absolute atomic E-state index is 0.0638. The average Bonchev–Trinajstić information content (AvgIpc) is 2.59. The van der Waals surface area contributed by atoms with Crippen LogP contribution in [0.15, 0.2) is 35.2 Å². The number of aryl methyl sites for hydroxylation is 1. The highest BCUT2D eigenvalue weighted by molar-refractivity contribution is 7.89. The molecule has 9 heteroatoms. The third-order valence-corrected chi connectivity index (χ3v) is 4.51. The second-order valence-corrected chi connectivity index (χ2v) is 7.37. The Morgan fingerprint density at radius 1 is 1.15 bits per heavy atom. The summed E-state index contributed by atoms with van der Waals surface area (Å²) in [5, 5.41) is 11.0. The zero-order valence-electron chi connectivity index (χ0n) is 14.8. The third kappa shape index (κ3) is 5.78. The van der Waals surface area contributed by atoms with Crippen molar-refractivity contribution in [3.8, 4) is 0 Å². The Bertz CT molecular complexity index is 866. The highest BCUT2D eigenvalue weighted by Gasteiger charge is 2.10. The van der Waals surface area contributed by atoms with E-state index in [1.54, 1.807) is 25.1 Å². The number of aromatic nitrogens is 2. The van der Waals surface area contributed by atoms with Gasteiger partial charge in [-0.15, -0.1) is 0 Å². The summed E-state index contributed by atoms with van der Waals surface area (Å²) in [5.74, 6) is 0.870. The fraction of sp³-hybridized carbons (Fsp3) is 0.353. The average molecular weight is 377 g/mol. The molecule has 0 atom stereocenters. The molecule has 0 aliphatic rings. The summed E-state index contributed by atoms with van der Waals surface area (Å²) in [4.78, 5) is 20.7. The Balaban J connectivity index is 1.93. The molecule has 0 aliphatic carbocycles. The first kappa shape index (κ1) is 19.8. The number of benzene rings is 1. The lowest BCUT2D eigenvalue weighted by Crippen LogP contribution is -2.27. The summed E-state index contributed by atoms with van der Waals surface area (Å²) in [6, 6.07) is 7.87.